The second-order valence-corrected chi connectivity index (χ2v) is 29.1. The molecule has 0 aliphatic carbocycles. The smallest absolute Gasteiger partial charge is 0.329 e. The lowest BCUT2D eigenvalue weighted by Crippen LogP contribution is -2.64. The molecule has 6 N–H and O–H groups in total. The first-order chi connectivity index (χ1) is 42.7. The molecular weight excluding hydrogens is 1200 g/mol. The van der Waals surface area contributed by atoms with Crippen LogP contribution in [0.3, 0.4) is 0 Å². The van der Waals surface area contributed by atoms with Crippen molar-refractivity contribution in [3.05, 3.63) is 0 Å². The van der Waals surface area contributed by atoms with Gasteiger partial charge >= 0.3 is 5.97 Å². The topological polar surface area (TPSA) is 325 Å². The summed E-state index contributed by atoms with van der Waals surface area (Å²) in [5, 5.41) is 34.6. The number of nitrogens with zero attached hydrogens (tertiary/aromatic N) is 7. The third-order valence-corrected chi connectivity index (χ3v) is 17.2. The summed E-state index contributed by atoms with van der Waals surface area (Å²) in [7, 11) is 8.03. The first-order valence-corrected chi connectivity index (χ1v) is 33.4. The highest BCUT2D eigenvalue weighted by atomic mass is 16.6. The summed E-state index contributed by atoms with van der Waals surface area (Å²) in [5.74, 6) is -12.3. The molecule has 534 valence electrons. The van der Waals surface area contributed by atoms with E-state index in [1.165, 1.54) is 68.0 Å². The number of carbonyl (C=O) groups is 12. The van der Waals surface area contributed by atoms with E-state index < -0.39 is 162 Å². The zero-order chi connectivity index (χ0) is 72.3. The van der Waals surface area contributed by atoms with Gasteiger partial charge in [-0.05, 0) is 114 Å². The summed E-state index contributed by atoms with van der Waals surface area (Å²) in [6.45, 7) is 33.7. The molecule has 0 aromatic heterocycles. The van der Waals surface area contributed by atoms with E-state index in [1.54, 1.807) is 39.5 Å². The molecule has 26 nitrogen and oxygen atoms in total. The van der Waals surface area contributed by atoms with E-state index in [1.807, 2.05) is 83.1 Å². The SMILES string of the molecule is CC(=O)N(CC[C@@H](C)[C@@H](O)[C@@H]1C(=O)N[C@H]([C@@H](C)O)C(=O)N(C)CC(=O)N(C)[C@@H](CC(C)C)C(=O)N[C@H](CC(C)C)C(=O)N(C)[C@H](CC(C)C)C(=O)N[C@H](C)C(=O)O[C@@H](C(C)C)C(=O)N(C)[C@H](CC(C)C)C(=O)N[C@H](CC(C)C)C(=O)N(C)[C@H](C(C)C)C(=O)N1C)C(C)C. The van der Waals surface area contributed by atoms with E-state index in [4.69, 9.17) is 4.74 Å². The number of ether oxygens (including phenoxy) is 1. The van der Waals surface area contributed by atoms with Crippen molar-refractivity contribution in [1.82, 2.24) is 55.6 Å². The summed E-state index contributed by atoms with van der Waals surface area (Å²) in [6, 6.07) is -12.8. The lowest BCUT2D eigenvalue weighted by Gasteiger charge is -2.40. The average Bonchev–Trinajstić information content (AvgIpc) is 0.845. The lowest BCUT2D eigenvalue weighted by atomic mass is 9.91. The Hall–Kier alpha value is -6.44. The van der Waals surface area contributed by atoms with Crippen LogP contribution in [0.15, 0.2) is 0 Å². The number of aliphatic hydroxyl groups excluding tert-OH is 2. The van der Waals surface area contributed by atoms with Crippen LogP contribution in [0.4, 0.5) is 0 Å². The van der Waals surface area contributed by atoms with Gasteiger partial charge in [-0.1, -0.05) is 104 Å². The van der Waals surface area contributed by atoms with Gasteiger partial charge in [0.05, 0.1) is 18.8 Å². The molecule has 1 saturated heterocycles. The Kier molecular flexibility index (Phi) is 34.7. The zero-order valence-corrected chi connectivity index (χ0v) is 61.1. The second kappa shape index (κ2) is 38.2. The van der Waals surface area contributed by atoms with Gasteiger partial charge in [0.25, 0.3) is 5.91 Å². The van der Waals surface area contributed by atoms with E-state index in [9.17, 15) is 53.4 Å². The molecule has 11 amide bonds. The van der Waals surface area contributed by atoms with E-state index >= 15 is 14.4 Å². The molecule has 1 heterocycles. The van der Waals surface area contributed by atoms with Gasteiger partial charge in [-0.15, -0.1) is 0 Å². The number of aliphatic hydroxyl groups is 2. The number of likely N-dealkylation sites (N-methyl/N-ethyl adjacent to an activating group) is 6. The third-order valence-electron chi connectivity index (χ3n) is 17.2. The van der Waals surface area contributed by atoms with Gasteiger partial charge in [-0.2, -0.15) is 0 Å². The van der Waals surface area contributed by atoms with Crippen LogP contribution in [-0.2, 0) is 62.3 Å². The van der Waals surface area contributed by atoms with E-state index in [0.717, 1.165) is 24.5 Å². The first-order valence-electron chi connectivity index (χ1n) is 33.4. The number of nitrogens with one attached hydrogen (secondary N) is 4. The summed E-state index contributed by atoms with van der Waals surface area (Å²) < 4.78 is 5.90. The van der Waals surface area contributed by atoms with Crippen LogP contribution in [0.2, 0.25) is 0 Å². The van der Waals surface area contributed by atoms with Crippen molar-refractivity contribution in [3.63, 3.8) is 0 Å². The molecule has 0 saturated carbocycles. The molecule has 0 radical (unpaired) electrons. The third kappa shape index (κ3) is 25.0. The largest absolute Gasteiger partial charge is 0.450 e. The van der Waals surface area contributed by atoms with E-state index in [2.05, 4.69) is 21.3 Å². The van der Waals surface area contributed by atoms with Crippen molar-refractivity contribution in [3.8, 4) is 0 Å². The van der Waals surface area contributed by atoms with Gasteiger partial charge in [-0.25, -0.2) is 4.79 Å². The highest BCUT2D eigenvalue weighted by Gasteiger charge is 2.46. The van der Waals surface area contributed by atoms with Crippen LogP contribution < -0.4 is 21.3 Å². The highest BCUT2D eigenvalue weighted by molar-refractivity contribution is 5.99. The average molecular weight is 1320 g/mol. The fourth-order valence-electron chi connectivity index (χ4n) is 11.6. The molecule has 26 heteroatoms. The van der Waals surface area contributed by atoms with Crippen molar-refractivity contribution in [1.29, 1.82) is 0 Å². The minimum Gasteiger partial charge on any atom is -0.450 e. The van der Waals surface area contributed by atoms with Crippen LogP contribution in [0.1, 0.15) is 177 Å². The lowest BCUT2D eigenvalue weighted by molar-refractivity contribution is -0.166. The number of carbonyl (C=O) groups excluding carboxylic acids is 12. The Labute approximate surface area is 555 Å². The van der Waals surface area contributed by atoms with Gasteiger partial charge in [0.1, 0.15) is 54.4 Å². The Bertz CT molecular complexity index is 2540. The predicted octanol–water partition coefficient (Wildman–Crippen LogP) is 3.03. The fourth-order valence-corrected chi connectivity index (χ4v) is 11.6. The van der Waals surface area contributed by atoms with Crippen LogP contribution in [0.5, 0.6) is 0 Å². The van der Waals surface area contributed by atoms with Crippen LogP contribution in [0, 0.1) is 47.3 Å². The van der Waals surface area contributed by atoms with Gasteiger partial charge in [0.2, 0.25) is 59.1 Å². The summed E-state index contributed by atoms with van der Waals surface area (Å²) in [5.41, 5.74) is 0. The number of esters is 1. The Morgan fingerprint density at radius 2 is 0.892 bits per heavy atom. The van der Waals surface area contributed by atoms with Crippen molar-refractivity contribution in [2.45, 2.75) is 256 Å². The molecular formula is C67H121N11O15. The molecule has 0 aromatic carbocycles. The number of rotatable bonds is 19. The second-order valence-electron chi connectivity index (χ2n) is 29.1. The molecule has 1 fully saturated rings. The summed E-state index contributed by atoms with van der Waals surface area (Å²) >= 11 is 0. The first kappa shape index (κ1) is 84.6. The van der Waals surface area contributed by atoms with Gasteiger partial charge in [-0.3, -0.25) is 52.7 Å². The molecule has 0 unspecified atom stereocenters. The standard InChI is InChI=1S/C67H121N11O15/c1-35(2)29-47-62(87)74(23)50(32-38(7)8)58(83)68-44(18)67(92)93-57(41(13)14)66(91)75(24)51(33-39(9)10)60(85)70-48(30-36(3)4)63(88)76(25)54(40(11)12)65(90)77(26)55(56(82)43(17)27-28-78(42(15)16)46(20)80)61(86)71-53(45(19)79)64(89)72(21)34-52(81)73(22)49(31-37(5)6)59(84)69-47/h35-45,47-51,53-57,79,82H,27-34H2,1-26H3,(H,68,83)(H,69,84)(H,70,85)(H,71,86)/t43-,44-,45-,47-,48-,49+,50-,51-,53-,54-,55-,56-,57+/m1/s1. The maximum Gasteiger partial charge on any atom is 0.329 e. The van der Waals surface area contributed by atoms with E-state index in [0.29, 0.717) is 0 Å². The number of hydrogen-bond acceptors (Lipinski definition) is 15. The summed E-state index contributed by atoms with van der Waals surface area (Å²) in [4.78, 5) is 183. The Morgan fingerprint density at radius 3 is 1.28 bits per heavy atom. The number of hydrogen-bond donors (Lipinski definition) is 6. The fraction of sp³-hybridized carbons (Fsp3) is 0.821. The van der Waals surface area contributed by atoms with Crippen molar-refractivity contribution >= 4 is 70.9 Å². The highest BCUT2D eigenvalue weighted by Crippen LogP contribution is 2.25. The van der Waals surface area contributed by atoms with Gasteiger partial charge in [0.15, 0.2) is 6.10 Å². The number of cyclic esters (lactones) is 1. The maximum absolute atomic E-state index is 15.3. The molecule has 1 rings (SSSR count). The monoisotopic (exact) mass is 1320 g/mol. The Balaban J connectivity index is 4.48. The minimum absolute atomic E-state index is 0.0553. The van der Waals surface area contributed by atoms with Gasteiger partial charge < -0.3 is 70.5 Å². The molecule has 0 bridgehead atoms. The molecule has 1 aliphatic rings. The molecule has 0 spiro atoms. The predicted molar refractivity (Wildman–Crippen MR) is 355 cm³/mol. The molecule has 13 atom stereocenters. The maximum atomic E-state index is 15.3. The van der Waals surface area contributed by atoms with Crippen molar-refractivity contribution in [2.75, 3.05) is 55.4 Å². The minimum atomic E-state index is -1.83. The van der Waals surface area contributed by atoms with Crippen LogP contribution in [-0.4, -0.2) is 250 Å². The number of amides is 11. The van der Waals surface area contributed by atoms with Crippen molar-refractivity contribution < 1.29 is 72.5 Å². The quantitative estimate of drug-likeness (QED) is 0.101. The van der Waals surface area contributed by atoms with Crippen LogP contribution >= 0.6 is 0 Å². The van der Waals surface area contributed by atoms with Crippen molar-refractivity contribution in [2.24, 2.45) is 47.3 Å². The molecule has 1 aliphatic heterocycles. The van der Waals surface area contributed by atoms with Gasteiger partial charge in [0, 0.05) is 61.8 Å². The molecule has 93 heavy (non-hydrogen) atoms. The van der Waals surface area contributed by atoms with E-state index in [-0.39, 0.29) is 86.6 Å². The molecule has 0 aromatic rings. The zero-order valence-electron chi connectivity index (χ0n) is 61.1. The Morgan fingerprint density at radius 1 is 0.495 bits per heavy atom. The summed E-state index contributed by atoms with van der Waals surface area (Å²) in [6.07, 6.45) is -4.27. The van der Waals surface area contributed by atoms with Crippen LogP contribution in [0.25, 0.3) is 0 Å². The normalized spacial score (nSPS) is 25.8.